The normalized spacial score (nSPS) is 17.0. The highest BCUT2D eigenvalue weighted by atomic mass is 19.4. The zero-order chi connectivity index (χ0) is 14.0. The minimum Gasteiger partial charge on any atom is -0.480 e. The first-order valence-electron chi connectivity index (χ1n) is 5.70. The molecule has 0 bridgehead atoms. The summed E-state index contributed by atoms with van der Waals surface area (Å²) in [4.78, 5) is 11.2. The number of hydrogen-bond donors (Lipinski definition) is 2. The third-order valence-corrected chi connectivity index (χ3v) is 2.68. The Kier molecular flexibility index (Phi) is 3.66. The van der Waals surface area contributed by atoms with Crippen molar-refractivity contribution >= 4 is 5.97 Å². The minimum atomic E-state index is -4.85. The Morgan fingerprint density at radius 2 is 2.00 bits per heavy atom. The predicted octanol–water partition coefficient (Wildman–Crippen LogP) is 2.46. The van der Waals surface area contributed by atoms with Crippen molar-refractivity contribution in [3.05, 3.63) is 29.8 Å². The van der Waals surface area contributed by atoms with Crippen LogP contribution in [0.2, 0.25) is 0 Å². The maximum absolute atomic E-state index is 12.3. The number of para-hydroxylation sites is 1. The van der Waals surface area contributed by atoms with Gasteiger partial charge < -0.3 is 9.84 Å². The van der Waals surface area contributed by atoms with E-state index in [-0.39, 0.29) is 11.6 Å². The molecule has 1 atom stereocenters. The van der Waals surface area contributed by atoms with E-state index in [1.54, 1.807) is 0 Å². The lowest BCUT2D eigenvalue weighted by Crippen LogP contribution is -2.31. The summed E-state index contributed by atoms with van der Waals surface area (Å²) in [5.41, 5.74) is -0.0285. The second-order valence-corrected chi connectivity index (χ2v) is 4.30. The van der Waals surface area contributed by atoms with Crippen LogP contribution < -0.4 is 10.1 Å². The Morgan fingerprint density at radius 1 is 1.37 bits per heavy atom. The summed E-state index contributed by atoms with van der Waals surface area (Å²) in [5, 5.41) is 11.9. The zero-order valence-electron chi connectivity index (χ0n) is 9.78. The number of nitrogens with one attached hydrogen (secondary N) is 1. The van der Waals surface area contributed by atoms with Crippen molar-refractivity contribution in [1.29, 1.82) is 0 Å². The van der Waals surface area contributed by atoms with E-state index < -0.39 is 24.1 Å². The highest BCUT2D eigenvalue weighted by Gasteiger charge is 2.35. The Balaban J connectivity index is 2.27. The Hall–Kier alpha value is -1.76. The number of benzene rings is 1. The van der Waals surface area contributed by atoms with Crippen LogP contribution in [0.15, 0.2) is 24.3 Å². The lowest BCUT2D eigenvalue weighted by atomic mass is 10.1. The van der Waals surface area contributed by atoms with Gasteiger partial charge >= 0.3 is 12.3 Å². The Bertz CT molecular complexity index is 472. The largest absolute Gasteiger partial charge is 0.573 e. The molecule has 0 heterocycles. The molecule has 1 saturated carbocycles. The second-order valence-electron chi connectivity index (χ2n) is 4.30. The van der Waals surface area contributed by atoms with E-state index in [1.807, 2.05) is 0 Å². The van der Waals surface area contributed by atoms with Gasteiger partial charge in [-0.05, 0) is 18.9 Å². The van der Waals surface area contributed by atoms with Crippen molar-refractivity contribution in [2.45, 2.75) is 31.3 Å². The summed E-state index contributed by atoms with van der Waals surface area (Å²) in [6, 6.07) is 4.10. The number of carboxylic acid groups (broad SMARTS) is 1. The summed E-state index contributed by atoms with van der Waals surface area (Å²) in [7, 11) is 0. The van der Waals surface area contributed by atoms with Crippen molar-refractivity contribution in [3.8, 4) is 5.75 Å². The number of carbonyl (C=O) groups is 1. The second kappa shape index (κ2) is 5.08. The van der Waals surface area contributed by atoms with Gasteiger partial charge in [0.2, 0.25) is 0 Å². The molecule has 0 radical (unpaired) electrons. The highest BCUT2D eigenvalue weighted by Crippen LogP contribution is 2.32. The van der Waals surface area contributed by atoms with E-state index in [4.69, 9.17) is 5.11 Å². The fraction of sp³-hybridized carbons (Fsp3) is 0.417. The van der Waals surface area contributed by atoms with Gasteiger partial charge in [0.15, 0.2) is 0 Å². The molecule has 2 rings (SSSR count). The summed E-state index contributed by atoms with van der Waals surface area (Å²) in [6.45, 7) is 0. The van der Waals surface area contributed by atoms with E-state index >= 15 is 0 Å². The molecule has 7 heteroatoms. The van der Waals surface area contributed by atoms with Crippen LogP contribution in [0.1, 0.15) is 24.4 Å². The first kappa shape index (κ1) is 13.7. The highest BCUT2D eigenvalue weighted by molar-refractivity contribution is 5.76. The molecular formula is C12H12F3NO3. The summed E-state index contributed by atoms with van der Waals surface area (Å²) in [6.07, 6.45) is -3.20. The Morgan fingerprint density at radius 3 is 2.53 bits per heavy atom. The van der Waals surface area contributed by atoms with E-state index in [0.29, 0.717) is 0 Å². The van der Waals surface area contributed by atoms with Crippen LogP contribution in [0.3, 0.4) is 0 Å². The number of halogens is 3. The molecule has 0 aromatic heterocycles. The summed E-state index contributed by atoms with van der Waals surface area (Å²) < 4.78 is 40.7. The maximum atomic E-state index is 12.3. The summed E-state index contributed by atoms with van der Waals surface area (Å²) in [5.74, 6) is -1.72. The fourth-order valence-electron chi connectivity index (χ4n) is 1.72. The van der Waals surface area contributed by atoms with Gasteiger partial charge in [-0.25, -0.2) is 0 Å². The molecule has 1 unspecified atom stereocenters. The van der Waals surface area contributed by atoms with Crippen LogP contribution in [0.5, 0.6) is 5.75 Å². The molecule has 1 aromatic carbocycles. The SMILES string of the molecule is O=C(O)C(NC1CC1)c1ccccc1OC(F)(F)F. The number of carboxylic acids is 1. The average molecular weight is 275 g/mol. The van der Waals surface area contributed by atoms with Crippen molar-refractivity contribution in [1.82, 2.24) is 5.32 Å². The number of aliphatic carboxylic acids is 1. The van der Waals surface area contributed by atoms with Gasteiger partial charge in [0.25, 0.3) is 0 Å². The van der Waals surface area contributed by atoms with Gasteiger partial charge in [-0.1, -0.05) is 18.2 Å². The molecule has 1 aliphatic rings. The topological polar surface area (TPSA) is 58.6 Å². The van der Waals surface area contributed by atoms with Crippen LogP contribution in [0.25, 0.3) is 0 Å². The fourth-order valence-corrected chi connectivity index (χ4v) is 1.72. The molecule has 104 valence electrons. The summed E-state index contributed by atoms with van der Waals surface area (Å²) >= 11 is 0. The zero-order valence-corrected chi connectivity index (χ0v) is 9.78. The van der Waals surface area contributed by atoms with Gasteiger partial charge in [0.1, 0.15) is 11.8 Å². The number of rotatable bonds is 5. The number of hydrogen-bond acceptors (Lipinski definition) is 3. The lowest BCUT2D eigenvalue weighted by Gasteiger charge is -2.19. The van der Waals surface area contributed by atoms with Crippen LogP contribution in [-0.2, 0) is 4.79 Å². The number of ether oxygens (including phenoxy) is 1. The molecule has 1 aromatic rings. The van der Waals surface area contributed by atoms with Crippen LogP contribution in [-0.4, -0.2) is 23.5 Å². The van der Waals surface area contributed by atoms with Crippen molar-refractivity contribution in [3.63, 3.8) is 0 Å². The molecule has 0 spiro atoms. The predicted molar refractivity (Wildman–Crippen MR) is 59.7 cm³/mol. The van der Waals surface area contributed by atoms with Crippen LogP contribution >= 0.6 is 0 Å². The molecule has 4 nitrogen and oxygen atoms in total. The van der Waals surface area contributed by atoms with Gasteiger partial charge in [-0.15, -0.1) is 13.2 Å². The van der Waals surface area contributed by atoms with Crippen LogP contribution in [0, 0.1) is 0 Å². The molecule has 1 aliphatic carbocycles. The van der Waals surface area contributed by atoms with E-state index in [9.17, 15) is 18.0 Å². The lowest BCUT2D eigenvalue weighted by molar-refractivity contribution is -0.275. The Labute approximate surface area is 107 Å². The van der Waals surface area contributed by atoms with Gasteiger partial charge in [-0.3, -0.25) is 10.1 Å². The van der Waals surface area contributed by atoms with Gasteiger partial charge in [0, 0.05) is 11.6 Å². The molecule has 0 saturated heterocycles. The molecule has 0 amide bonds. The first-order chi connectivity index (χ1) is 8.87. The molecular weight excluding hydrogens is 263 g/mol. The van der Waals surface area contributed by atoms with E-state index in [2.05, 4.69) is 10.1 Å². The quantitative estimate of drug-likeness (QED) is 0.866. The minimum absolute atomic E-state index is 0.0285. The van der Waals surface area contributed by atoms with Gasteiger partial charge in [-0.2, -0.15) is 0 Å². The maximum Gasteiger partial charge on any atom is 0.573 e. The third-order valence-electron chi connectivity index (χ3n) is 2.68. The van der Waals surface area contributed by atoms with Crippen LogP contribution in [0.4, 0.5) is 13.2 Å². The monoisotopic (exact) mass is 275 g/mol. The van der Waals surface area contributed by atoms with Crippen molar-refractivity contribution in [2.75, 3.05) is 0 Å². The van der Waals surface area contributed by atoms with E-state index in [1.165, 1.54) is 18.2 Å². The average Bonchev–Trinajstić information content (AvgIpc) is 3.08. The smallest absolute Gasteiger partial charge is 0.480 e. The van der Waals surface area contributed by atoms with Gasteiger partial charge in [0.05, 0.1) is 0 Å². The first-order valence-corrected chi connectivity index (χ1v) is 5.70. The molecule has 1 fully saturated rings. The van der Waals surface area contributed by atoms with E-state index in [0.717, 1.165) is 18.9 Å². The van der Waals surface area contributed by atoms with Crippen molar-refractivity contribution in [2.24, 2.45) is 0 Å². The molecule has 2 N–H and O–H groups in total. The third kappa shape index (κ3) is 3.85. The van der Waals surface area contributed by atoms with Crippen molar-refractivity contribution < 1.29 is 27.8 Å². The molecule has 19 heavy (non-hydrogen) atoms. The molecule has 0 aliphatic heterocycles. The standard InChI is InChI=1S/C12H12F3NO3/c13-12(14,15)19-9-4-2-1-3-8(9)10(11(17)18)16-7-5-6-7/h1-4,7,10,16H,5-6H2,(H,17,18). The number of alkyl halides is 3.